The van der Waals surface area contributed by atoms with Crippen molar-refractivity contribution >= 4 is 11.8 Å². The number of Topliss-reactive ketones (excluding diaryl/α,β-unsaturated/α-hetero) is 1. The van der Waals surface area contributed by atoms with Crippen LogP contribution in [0.15, 0.2) is 24.0 Å². The van der Waals surface area contributed by atoms with Crippen molar-refractivity contribution < 1.29 is 19.1 Å². The van der Waals surface area contributed by atoms with E-state index in [0.717, 1.165) is 0 Å². The van der Waals surface area contributed by atoms with E-state index in [9.17, 15) is 9.59 Å². The molecule has 6 nitrogen and oxygen atoms in total. The fraction of sp³-hybridized carbons (Fsp3) is 0.417. The summed E-state index contributed by atoms with van der Waals surface area (Å²) in [5.41, 5.74) is 0.0931. The summed E-state index contributed by atoms with van der Waals surface area (Å²) < 4.78 is 9.54. The molecule has 1 heterocycles. The van der Waals surface area contributed by atoms with Gasteiger partial charge in [-0.3, -0.25) is 4.79 Å². The van der Waals surface area contributed by atoms with Crippen LogP contribution in [-0.4, -0.2) is 37.1 Å². The molecule has 1 aliphatic heterocycles. The van der Waals surface area contributed by atoms with E-state index in [1.165, 1.54) is 19.4 Å². The predicted molar refractivity (Wildman–Crippen MR) is 61.7 cm³/mol. The maximum atomic E-state index is 11.8. The minimum Gasteiger partial charge on any atom is -0.460 e. The van der Waals surface area contributed by atoms with Gasteiger partial charge in [-0.15, -0.1) is 0 Å². The van der Waals surface area contributed by atoms with Crippen LogP contribution in [0.5, 0.6) is 0 Å². The Morgan fingerprint density at radius 3 is 2.83 bits per heavy atom. The summed E-state index contributed by atoms with van der Waals surface area (Å²) in [7, 11) is 1.50. The molecule has 0 fully saturated rings. The number of nitriles is 1. The van der Waals surface area contributed by atoms with Gasteiger partial charge in [0.1, 0.15) is 6.73 Å². The van der Waals surface area contributed by atoms with Crippen molar-refractivity contribution in [1.82, 2.24) is 4.90 Å². The van der Waals surface area contributed by atoms with Gasteiger partial charge in [-0.2, -0.15) is 5.26 Å². The highest BCUT2D eigenvalue weighted by Gasteiger charge is 2.28. The minimum absolute atomic E-state index is 0.0931. The summed E-state index contributed by atoms with van der Waals surface area (Å²) >= 11 is 0. The van der Waals surface area contributed by atoms with Crippen molar-refractivity contribution in [1.29, 1.82) is 5.26 Å². The summed E-state index contributed by atoms with van der Waals surface area (Å²) in [5.74, 6) is -2.49. The number of carbonyl (C=O) groups excluding carboxylic acids is 2. The molecule has 0 spiro atoms. The molecule has 1 aliphatic rings. The van der Waals surface area contributed by atoms with E-state index in [4.69, 9.17) is 10.00 Å². The molecule has 0 saturated heterocycles. The number of rotatable bonds is 5. The van der Waals surface area contributed by atoms with Gasteiger partial charge in [0.05, 0.1) is 18.6 Å². The van der Waals surface area contributed by atoms with Crippen LogP contribution in [0.3, 0.4) is 0 Å². The fourth-order valence-electron chi connectivity index (χ4n) is 1.46. The lowest BCUT2D eigenvalue weighted by molar-refractivity contribution is -0.151. The molecule has 0 aromatic heterocycles. The molecule has 0 aromatic rings. The van der Waals surface area contributed by atoms with Crippen LogP contribution in [0.4, 0.5) is 0 Å². The van der Waals surface area contributed by atoms with E-state index in [1.54, 1.807) is 18.0 Å². The van der Waals surface area contributed by atoms with Crippen LogP contribution in [0.1, 0.15) is 6.92 Å². The van der Waals surface area contributed by atoms with Crippen LogP contribution in [-0.2, 0) is 19.1 Å². The topological polar surface area (TPSA) is 79.6 Å². The Bertz CT molecular complexity index is 434. The molecule has 1 atom stereocenters. The van der Waals surface area contributed by atoms with Gasteiger partial charge in [-0.25, -0.2) is 4.79 Å². The number of ketones is 1. The lowest BCUT2D eigenvalue weighted by atomic mass is 9.95. The standard InChI is InChI=1S/C12H14N2O4/c1-3-18-12(16)11(15)10-7-14(8-17-2)5-4-9(10)6-13/h4-5,7,9H,3,8H2,1-2H3. The van der Waals surface area contributed by atoms with E-state index in [0.29, 0.717) is 0 Å². The average molecular weight is 250 g/mol. The second kappa shape index (κ2) is 6.57. The third-order valence-corrected chi connectivity index (χ3v) is 2.25. The third-order valence-electron chi connectivity index (χ3n) is 2.25. The lowest BCUT2D eigenvalue weighted by Gasteiger charge is -2.21. The monoisotopic (exact) mass is 250 g/mol. The summed E-state index contributed by atoms with van der Waals surface area (Å²) in [6.07, 6.45) is 4.58. The highest BCUT2D eigenvalue weighted by Crippen LogP contribution is 2.20. The molecule has 0 bridgehead atoms. The summed E-state index contributed by atoms with van der Waals surface area (Å²) in [6, 6.07) is 1.94. The van der Waals surface area contributed by atoms with E-state index < -0.39 is 17.7 Å². The second-order valence-electron chi connectivity index (χ2n) is 3.51. The number of nitrogens with zero attached hydrogens (tertiary/aromatic N) is 2. The van der Waals surface area contributed by atoms with Crippen molar-refractivity contribution in [2.24, 2.45) is 5.92 Å². The third kappa shape index (κ3) is 3.18. The maximum absolute atomic E-state index is 11.8. The maximum Gasteiger partial charge on any atom is 0.379 e. The first-order valence-electron chi connectivity index (χ1n) is 5.39. The van der Waals surface area contributed by atoms with E-state index >= 15 is 0 Å². The highest BCUT2D eigenvalue weighted by molar-refractivity contribution is 6.40. The molecule has 6 heteroatoms. The highest BCUT2D eigenvalue weighted by atomic mass is 16.5. The van der Waals surface area contributed by atoms with Gasteiger partial charge in [0.2, 0.25) is 0 Å². The molecule has 18 heavy (non-hydrogen) atoms. The van der Waals surface area contributed by atoms with Gasteiger partial charge in [0, 0.05) is 25.1 Å². The van der Waals surface area contributed by atoms with Crippen molar-refractivity contribution in [3.63, 3.8) is 0 Å². The van der Waals surface area contributed by atoms with E-state index in [2.05, 4.69) is 4.74 Å². The first-order chi connectivity index (χ1) is 8.63. The van der Waals surface area contributed by atoms with Gasteiger partial charge in [0.15, 0.2) is 0 Å². The Hall–Kier alpha value is -2.13. The molecule has 0 aromatic carbocycles. The molecular weight excluding hydrogens is 236 g/mol. The lowest BCUT2D eigenvalue weighted by Crippen LogP contribution is -2.28. The Morgan fingerprint density at radius 2 is 2.28 bits per heavy atom. The summed E-state index contributed by atoms with van der Waals surface area (Å²) in [4.78, 5) is 24.8. The Kier molecular flexibility index (Phi) is 5.08. The van der Waals surface area contributed by atoms with Crippen LogP contribution in [0.2, 0.25) is 0 Å². The Morgan fingerprint density at radius 1 is 1.56 bits per heavy atom. The fourth-order valence-corrected chi connectivity index (χ4v) is 1.46. The van der Waals surface area contributed by atoms with Crippen LogP contribution >= 0.6 is 0 Å². The number of ether oxygens (including phenoxy) is 2. The largest absolute Gasteiger partial charge is 0.460 e. The van der Waals surface area contributed by atoms with Crippen molar-refractivity contribution in [3.05, 3.63) is 24.0 Å². The van der Waals surface area contributed by atoms with Crippen molar-refractivity contribution in [3.8, 4) is 6.07 Å². The van der Waals surface area contributed by atoms with E-state index in [-0.39, 0.29) is 18.9 Å². The molecule has 0 radical (unpaired) electrons. The number of methoxy groups -OCH3 is 1. The number of allylic oxidation sites excluding steroid dienone is 1. The van der Waals surface area contributed by atoms with Gasteiger partial charge in [-0.1, -0.05) is 0 Å². The van der Waals surface area contributed by atoms with Crippen LogP contribution in [0, 0.1) is 17.2 Å². The van der Waals surface area contributed by atoms with Gasteiger partial charge in [0.25, 0.3) is 5.78 Å². The minimum atomic E-state index is -0.948. The number of hydrogen-bond acceptors (Lipinski definition) is 6. The molecule has 96 valence electrons. The molecule has 1 unspecified atom stereocenters. The SMILES string of the molecule is CCOC(=O)C(=O)C1=CN(COC)C=CC1C#N. The van der Waals surface area contributed by atoms with Crippen molar-refractivity contribution in [2.75, 3.05) is 20.4 Å². The summed E-state index contributed by atoms with van der Waals surface area (Å²) in [5, 5.41) is 8.94. The van der Waals surface area contributed by atoms with Gasteiger partial charge >= 0.3 is 5.97 Å². The van der Waals surface area contributed by atoms with Crippen LogP contribution < -0.4 is 0 Å². The van der Waals surface area contributed by atoms with Crippen molar-refractivity contribution in [2.45, 2.75) is 6.92 Å². The number of esters is 1. The van der Waals surface area contributed by atoms with E-state index in [1.807, 2.05) is 6.07 Å². The zero-order valence-electron chi connectivity index (χ0n) is 10.3. The van der Waals surface area contributed by atoms with Gasteiger partial charge < -0.3 is 14.4 Å². The Labute approximate surface area is 105 Å². The first-order valence-corrected chi connectivity index (χ1v) is 5.39. The van der Waals surface area contributed by atoms with Crippen LogP contribution in [0.25, 0.3) is 0 Å². The molecule has 0 aliphatic carbocycles. The molecule has 0 amide bonds. The zero-order chi connectivity index (χ0) is 13.5. The molecule has 0 saturated carbocycles. The smallest absolute Gasteiger partial charge is 0.379 e. The molecular formula is C12H14N2O4. The Balaban J connectivity index is 2.90. The second-order valence-corrected chi connectivity index (χ2v) is 3.51. The zero-order valence-corrected chi connectivity index (χ0v) is 10.3. The quantitative estimate of drug-likeness (QED) is 0.524. The first kappa shape index (κ1) is 13.9. The molecule has 1 rings (SSSR count). The predicted octanol–water partition coefficient (Wildman–Crippen LogP) is 0.575. The number of hydrogen-bond donors (Lipinski definition) is 0. The molecule has 0 N–H and O–H groups in total. The average Bonchev–Trinajstić information content (AvgIpc) is 2.38. The van der Waals surface area contributed by atoms with Gasteiger partial charge in [-0.05, 0) is 13.0 Å². The summed E-state index contributed by atoms with van der Waals surface area (Å²) in [6.45, 7) is 1.96. The number of carbonyl (C=O) groups is 2. The normalized spacial score (nSPS) is 17.9.